The van der Waals surface area contributed by atoms with Crippen molar-refractivity contribution in [3.63, 3.8) is 0 Å². The van der Waals surface area contributed by atoms with E-state index in [1.54, 1.807) is 38.1 Å². The molecule has 0 saturated heterocycles. The number of sulfone groups is 1. The Labute approximate surface area is 278 Å². The van der Waals surface area contributed by atoms with Gasteiger partial charge >= 0.3 is 11.3 Å². The van der Waals surface area contributed by atoms with Crippen LogP contribution in [0.25, 0.3) is 0 Å². The molecule has 2 atom stereocenters. The molecule has 0 aliphatic heterocycles. The molecule has 2 rings (SSSR count). The van der Waals surface area contributed by atoms with Crippen molar-refractivity contribution in [3.8, 4) is 11.8 Å². The number of nitrogens with two attached hydrogens (primary N) is 1. The van der Waals surface area contributed by atoms with Crippen molar-refractivity contribution in [3.05, 3.63) is 47.8 Å². The van der Waals surface area contributed by atoms with Crippen LogP contribution in [0.2, 0.25) is 0 Å². The third-order valence-corrected chi connectivity index (χ3v) is 7.35. The van der Waals surface area contributed by atoms with E-state index in [2.05, 4.69) is 55.7 Å². The van der Waals surface area contributed by atoms with Gasteiger partial charge in [-0.1, -0.05) is 50.4 Å². The molecule has 1 aromatic heterocycles. The number of ether oxygens (including phenoxy) is 1. The number of carbonyl (C=O) groups excluding carboxylic acids is 5. The van der Waals surface area contributed by atoms with E-state index < -0.39 is 45.1 Å². The summed E-state index contributed by atoms with van der Waals surface area (Å²) in [6.07, 6.45) is 4.92. The first-order valence-electron chi connectivity index (χ1n) is 14.5. The first-order valence-corrected chi connectivity index (χ1v) is 16.9. The van der Waals surface area contributed by atoms with Gasteiger partial charge in [0.25, 0.3) is 0 Å². The normalized spacial score (nSPS) is 12.1. The molecule has 15 nitrogen and oxygen atoms in total. The molecule has 0 aliphatic rings. The number of thiol groups is 1. The van der Waals surface area contributed by atoms with Gasteiger partial charge in [0.1, 0.15) is 18.7 Å². The Morgan fingerprint density at radius 1 is 1.00 bits per heavy atom. The van der Waals surface area contributed by atoms with Crippen molar-refractivity contribution < 1.29 is 37.1 Å². The van der Waals surface area contributed by atoms with Gasteiger partial charge < -0.3 is 31.7 Å². The third-order valence-electron chi connectivity index (χ3n) is 6.35. The maximum absolute atomic E-state index is 13.3. The lowest BCUT2D eigenvalue weighted by Gasteiger charge is -2.25. The Balaban J connectivity index is 1.98. The summed E-state index contributed by atoms with van der Waals surface area (Å²) in [7, 11) is -3.51. The van der Waals surface area contributed by atoms with E-state index in [4.69, 9.17) is 10.5 Å². The minimum atomic E-state index is -3.51. The van der Waals surface area contributed by atoms with Crippen molar-refractivity contribution in [2.24, 2.45) is 11.7 Å². The monoisotopic (exact) mass is 689 g/mol. The highest BCUT2D eigenvalue weighted by molar-refractivity contribution is 7.96. The fourth-order valence-electron chi connectivity index (χ4n) is 3.96. The summed E-state index contributed by atoms with van der Waals surface area (Å²) in [5, 5.41) is 9.60. The van der Waals surface area contributed by atoms with E-state index in [1.165, 1.54) is 12.4 Å². The summed E-state index contributed by atoms with van der Waals surface area (Å²) in [4.78, 5) is 68.7. The SMILES string of the molecule is CC(C)[C@H](NC(=O)CCCC#Cc1cnc(S(C)(=O)=O)nc1)C(=O)N[C@@H](CCCNC(N)=O)C(=O)Nc1ccc(COC(=O)S)cc1. The summed E-state index contributed by atoms with van der Waals surface area (Å²) < 4.78 is 27.8. The van der Waals surface area contributed by atoms with E-state index in [0.29, 0.717) is 36.1 Å². The number of aromatic nitrogens is 2. The van der Waals surface area contributed by atoms with Crippen molar-refractivity contribution in [2.75, 3.05) is 18.1 Å². The number of carbonyl (C=O) groups is 5. The lowest BCUT2D eigenvalue weighted by molar-refractivity contribution is -0.132. The fourth-order valence-corrected chi connectivity index (χ4v) is 4.51. The van der Waals surface area contributed by atoms with E-state index in [9.17, 15) is 32.4 Å². The summed E-state index contributed by atoms with van der Waals surface area (Å²) in [6.45, 7) is 3.70. The summed E-state index contributed by atoms with van der Waals surface area (Å²) >= 11 is 3.55. The molecule has 0 bridgehead atoms. The van der Waals surface area contributed by atoms with Crippen molar-refractivity contribution in [1.82, 2.24) is 25.9 Å². The molecular formula is C30H39N7O8S2. The van der Waals surface area contributed by atoms with Gasteiger partial charge in [0.2, 0.25) is 32.7 Å². The van der Waals surface area contributed by atoms with Crippen LogP contribution in [-0.4, -0.2) is 72.3 Å². The van der Waals surface area contributed by atoms with Crippen molar-refractivity contribution in [2.45, 2.75) is 69.8 Å². The first-order chi connectivity index (χ1) is 22.1. The van der Waals surface area contributed by atoms with Crippen LogP contribution in [0.1, 0.15) is 57.1 Å². The zero-order valence-corrected chi connectivity index (χ0v) is 28.0. The fraction of sp³-hybridized carbons (Fsp3) is 0.433. The van der Waals surface area contributed by atoms with E-state index in [1.807, 2.05) is 0 Å². The highest BCUT2D eigenvalue weighted by atomic mass is 32.2. The number of amides is 5. The van der Waals surface area contributed by atoms with Gasteiger partial charge in [-0.25, -0.2) is 28.0 Å². The van der Waals surface area contributed by atoms with Crippen LogP contribution < -0.4 is 27.0 Å². The predicted molar refractivity (Wildman–Crippen MR) is 176 cm³/mol. The quantitative estimate of drug-likeness (QED) is 0.0491. The largest absolute Gasteiger partial charge is 0.453 e. The number of anilines is 1. The molecule has 1 heterocycles. The highest BCUT2D eigenvalue weighted by Gasteiger charge is 2.28. The Morgan fingerprint density at radius 2 is 1.66 bits per heavy atom. The Hall–Kier alpha value is -4.69. The molecular weight excluding hydrogens is 651 g/mol. The molecule has 0 radical (unpaired) electrons. The molecule has 6 N–H and O–H groups in total. The van der Waals surface area contributed by atoms with Gasteiger partial charge in [0.05, 0.1) is 5.56 Å². The minimum Gasteiger partial charge on any atom is -0.453 e. The number of hydrogen-bond donors (Lipinski definition) is 6. The van der Waals surface area contributed by atoms with Gasteiger partial charge in [-0.2, -0.15) is 0 Å². The van der Waals surface area contributed by atoms with Gasteiger partial charge in [-0.3, -0.25) is 14.4 Å². The average Bonchev–Trinajstić information content (AvgIpc) is 3.00. The molecule has 0 saturated carbocycles. The molecule has 5 amide bonds. The van der Waals surface area contributed by atoms with Crippen LogP contribution in [0.15, 0.2) is 41.8 Å². The second-order valence-electron chi connectivity index (χ2n) is 10.7. The van der Waals surface area contributed by atoms with E-state index >= 15 is 0 Å². The van der Waals surface area contributed by atoms with Crippen LogP contribution in [0, 0.1) is 17.8 Å². The Bertz CT molecular complexity index is 1570. The Kier molecular flexibility index (Phi) is 15.6. The molecule has 1 aromatic carbocycles. The molecule has 47 heavy (non-hydrogen) atoms. The highest BCUT2D eigenvalue weighted by Crippen LogP contribution is 2.13. The average molecular weight is 690 g/mol. The van der Waals surface area contributed by atoms with Gasteiger partial charge in [0, 0.05) is 43.7 Å². The molecule has 2 aromatic rings. The van der Waals surface area contributed by atoms with Crippen LogP contribution in [0.3, 0.4) is 0 Å². The van der Waals surface area contributed by atoms with E-state index in [-0.39, 0.29) is 43.0 Å². The van der Waals surface area contributed by atoms with Crippen LogP contribution in [-0.2, 0) is 35.6 Å². The van der Waals surface area contributed by atoms with Gasteiger partial charge in [-0.15, -0.1) is 0 Å². The number of nitrogens with zero attached hydrogens (tertiary/aromatic N) is 2. The number of hydrogen-bond acceptors (Lipinski definition) is 10. The van der Waals surface area contributed by atoms with Gasteiger partial charge in [-0.05, 0) is 42.9 Å². The number of rotatable bonds is 16. The molecule has 0 aliphatic carbocycles. The molecule has 0 spiro atoms. The standard InChI is InChI=1S/C30H39N7O8S2/c1-19(2)25(37-24(38)10-6-4-5-8-21-16-33-29(34-17-21)47(3,43)44)27(40)36-23(9-7-15-32-28(31)41)26(39)35-22-13-11-20(12-14-22)18-45-30(42)46/h11-14,16-17,19,23,25H,4,6-7,9-10,15,18H2,1-3H3,(H,35,39)(H,36,40)(H,37,38)(H,42,46)(H3,31,32,41)/t23-,25-/m0/s1. The van der Waals surface area contributed by atoms with Gasteiger partial charge in [0.15, 0.2) is 0 Å². The smallest absolute Gasteiger partial charge is 0.364 e. The summed E-state index contributed by atoms with van der Waals surface area (Å²) in [5.41, 5.74) is 6.65. The third kappa shape index (κ3) is 15.0. The van der Waals surface area contributed by atoms with Crippen LogP contribution in [0.4, 0.5) is 15.3 Å². The maximum atomic E-state index is 13.3. The Morgan fingerprint density at radius 3 is 2.23 bits per heavy atom. The zero-order valence-electron chi connectivity index (χ0n) is 26.2. The first kappa shape index (κ1) is 38.5. The number of unbranched alkanes of at least 4 members (excludes halogenated alkanes) is 1. The van der Waals surface area contributed by atoms with Crippen molar-refractivity contribution in [1.29, 1.82) is 0 Å². The predicted octanol–water partition coefficient (Wildman–Crippen LogP) is 1.68. The molecule has 0 fully saturated rings. The summed E-state index contributed by atoms with van der Waals surface area (Å²) in [6, 6.07) is 3.86. The molecule has 254 valence electrons. The zero-order chi connectivity index (χ0) is 35.0. The maximum Gasteiger partial charge on any atom is 0.364 e. The van der Waals surface area contributed by atoms with Crippen LogP contribution >= 0.6 is 12.6 Å². The second-order valence-corrected chi connectivity index (χ2v) is 13.0. The van der Waals surface area contributed by atoms with E-state index in [0.717, 1.165) is 6.26 Å². The number of urea groups is 1. The topological polar surface area (TPSA) is 229 Å². The molecule has 0 unspecified atom stereocenters. The lowest BCUT2D eigenvalue weighted by Crippen LogP contribution is -2.54. The van der Waals surface area contributed by atoms with Crippen molar-refractivity contribution >= 4 is 57.2 Å². The minimum absolute atomic E-state index is 0.0105. The second kappa shape index (κ2) is 19.1. The number of primary amides is 1. The summed E-state index contributed by atoms with van der Waals surface area (Å²) in [5.74, 6) is 3.92. The number of nitrogens with one attached hydrogen (secondary N) is 4. The number of benzene rings is 1. The molecule has 17 heteroatoms. The van der Waals surface area contributed by atoms with Crippen LogP contribution in [0.5, 0.6) is 0 Å². The lowest BCUT2D eigenvalue weighted by atomic mass is 10.0.